The first-order valence-electron chi connectivity index (χ1n) is 7.58. The summed E-state index contributed by atoms with van der Waals surface area (Å²) >= 11 is 0. The number of nitrogens with zero attached hydrogens (tertiary/aromatic N) is 1. The van der Waals surface area contributed by atoms with Gasteiger partial charge in [0.05, 0.1) is 6.10 Å². The van der Waals surface area contributed by atoms with Gasteiger partial charge in [-0.1, -0.05) is 0 Å². The van der Waals surface area contributed by atoms with Gasteiger partial charge in [-0.15, -0.1) is 4.31 Å². The van der Waals surface area contributed by atoms with Crippen LogP contribution in [0.1, 0.15) is 18.2 Å². The Hall–Kier alpha value is -0.725. The largest absolute Gasteiger partial charge is 0.646 e. The lowest BCUT2D eigenvalue weighted by Gasteiger charge is -2.26. The summed E-state index contributed by atoms with van der Waals surface area (Å²) in [5, 5.41) is 10.0. The number of aliphatic hydroxyl groups is 1. The van der Waals surface area contributed by atoms with E-state index in [1.165, 1.54) is 13.1 Å². The lowest BCUT2D eigenvalue weighted by molar-refractivity contribution is -0.206. The molecule has 0 aromatic carbocycles. The minimum Gasteiger partial charge on any atom is -0.646 e. The van der Waals surface area contributed by atoms with Crippen LogP contribution in [-0.4, -0.2) is 55.7 Å². The molecule has 0 saturated carbocycles. The number of rotatable bonds is 8. The van der Waals surface area contributed by atoms with Crippen molar-refractivity contribution in [2.75, 3.05) is 6.61 Å². The molecule has 1 fully saturated rings. The lowest BCUT2D eigenvalue weighted by atomic mass is 10.2. The second-order valence-electron chi connectivity index (χ2n) is 5.87. The summed E-state index contributed by atoms with van der Waals surface area (Å²) in [6, 6.07) is 0. The van der Waals surface area contributed by atoms with Crippen LogP contribution >= 0.6 is 23.5 Å². The highest BCUT2D eigenvalue weighted by Crippen LogP contribution is 2.67. The Morgan fingerprint density at radius 3 is 2.62 bits per heavy atom. The van der Waals surface area contributed by atoms with E-state index in [1.54, 1.807) is 0 Å². The number of ether oxygens (including phenoxy) is 1. The third-order valence-electron chi connectivity index (χ3n) is 3.51. The lowest BCUT2D eigenvalue weighted by Crippen LogP contribution is -2.33. The first-order chi connectivity index (χ1) is 13.1. The molecule has 29 heavy (non-hydrogen) atoms. The van der Waals surface area contributed by atoms with Crippen LogP contribution in [0.2, 0.25) is 0 Å². The maximum absolute atomic E-state index is 11.9. The number of nitrogens with one attached hydrogen (secondary N) is 1. The molecule has 1 aliphatic rings. The maximum atomic E-state index is 11.9. The highest BCUT2D eigenvalue weighted by molar-refractivity contribution is 7.88. The fourth-order valence-electron chi connectivity index (χ4n) is 2.33. The standard InChI is InChI=1S/C10H16BN2O13P3/c1-5-3-13(10(16)12-9(5)15)8-2-6(14)7(24-8)4-23-27(11,17)25-29(21,22)26-28(18,19)20/h3,6-8,14H,2,4H2,1H3,(H,21,22)(H,12,15,16)(H2,18,19,20)/t6-,7+,8+,27?/m0/s1. The molecule has 5 atom stereocenters. The van der Waals surface area contributed by atoms with Crippen LogP contribution < -0.4 is 16.1 Å². The molecule has 2 rings (SSSR count). The zero-order valence-corrected chi connectivity index (χ0v) is 17.2. The maximum Gasteiger partial charge on any atom is 0.515 e. The second kappa shape index (κ2) is 8.79. The molecular formula is C10H16BN2O13P3. The summed E-state index contributed by atoms with van der Waals surface area (Å²) in [5.74, 6) is 0. The fraction of sp³-hybridized carbons (Fsp3) is 0.600. The van der Waals surface area contributed by atoms with Crippen LogP contribution in [0.25, 0.3) is 0 Å². The molecule has 1 aliphatic heterocycles. The number of phosphoric acid groups is 2. The predicted octanol–water partition coefficient (Wildman–Crippen LogP) is -2.06. The highest BCUT2D eigenvalue weighted by atomic mass is 31.3. The minimum atomic E-state index is -5.55. The van der Waals surface area contributed by atoms with Gasteiger partial charge in [-0.05, 0) is 6.92 Å². The zero-order chi connectivity index (χ0) is 22.2. The van der Waals surface area contributed by atoms with Crippen molar-refractivity contribution in [3.8, 4) is 0 Å². The Bertz CT molecular complexity index is 957. The summed E-state index contributed by atoms with van der Waals surface area (Å²) in [6.07, 6.45) is -2.43. The van der Waals surface area contributed by atoms with Gasteiger partial charge >= 0.3 is 28.9 Å². The number of aliphatic hydroxyl groups excluding tert-OH is 1. The van der Waals surface area contributed by atoms with Crippen molar-refractivity contribution >= 4 is 31.0 Å². The van der Waals surface area contributed by atoms with Crippen molar-refractivity contribution in [2.45, 2.75) is 31.8 Å². The molecule has 19 heteroatoms. The van der Waals surface area contributed by atoms with Crippen molar-refractivity contribution < 1.29 is 51.7 Å². The van der Waals surface area contributed by atoms with Crippen molar-refractivity contribution in [1.82, 2.24) is 9.55 Å². The normalized spacial score (nSPS) is 26.8. The minimum absolute atomic E-state index is 0.130. The number of hydrogen-bond acceptors (Lipinski definition) is 10. The van der Waals surface area contributed by atoms with E-state index in [2.05, 4.69) is 18.1 Å². The van der Waals surface area contributed by atoms with Gasteiger partial charge in [0.1, 0.15) is 18.9 Å². The van der Waals surface area contributed by atoms with Gasteiger partial charge in [0.15, 0.2) is 7.82 Å². The van der Waals surface area contributed by atoms with E-state index in [4.69, 9.17) is 27.0 Å². The van der Waals surface area contributed by atoms with E-state index in [-0.39, 0.29) is 12.0 Å². The number of aromatic amines is 1. The van der Waals surface area contributed by atoms with Gasteiger partial charge in [-0.3, -0.25) is 14.3 Å². The van der Waals surface area contributed by atoms with Crippen molar-refractivity contribution in [3.63, 3.8) is 0 Å². The summed E-state index contributed by atoms with van der Waals surface area (Å²) in [7, 11) is -10.8. The molecule has 162 valence electrons. The molecule has 15 nitrogen and oxygen atoms in total. The average Bonchev–Trinajstić information content (AvgIpc) is 2.86. The first kappa shape index (κ1) is 24.5. The van der Waals surface area contributed by atoms with Crippen molar-refractivity contribution in [3.05, 3.63) is 32.6 Å². The summed E-state index contributed by atoms with van der Waals surface area (Å²) in [4.78, 5) is 63.3. The summed E-state index contributed by atoms with van der Waals surface area (Å²) < 4.78 is 40.3. The molecule has 1 saturated heterocycles. The van der Waals surface area contributed by atoms with E-state index in [1.807, 2.05) is 0 Å². The number of aromatic nitrogens is 2. The van der Waals surface area contributed by atoms with Gasteiger partial charge in [-0.2, -0.15) is 4.31 Å². The Labute approximate surface area is 164 Å². The van der Waals surface area contributed by atoms with Crippen LogP contribution in [-0.2, 0) is 27.0 Å². The highest BCUT2D eigenvalue weighted by Gasteiger charge is 2.44. The number of aryl methyl sites for hydroxylation is 1. The average molecular weight is 476 g/mol. The molecule has 2 unspecified atom stereocenters. The van der Waals surface area contributed by atoms with E-state index < -0.39 is 59.8 Å². The third-order valence-corrected chi connectivity index (χ3v) is 7.43. The van der Waals surface area contributed by atoms with Crippen LogP contribution in [0.15, 0.2) is 15.8 Å². The Kier molecular flexibility index (Phi) is 7.44. The van der Waals surface area contributed by atoms with Crippen LogP contribution in [0.5, 0.6) is 0 Å². The Morgan fingerprint density at radius 2 is 2.03 bits per heavy atom. The molecule has 0 aliphatic carbocycles. The first-order valence-corrected chi connectivity index (χ1v) is 12.2. The molecule has 2 radical (unpaired) electrons. The van der Waals surface area contributed by atoms with E-state index >= 15 is 0 Å². The van der Waals surface area contributed by atoms with Gasteiger partial charge in [-0.25, -0.2) is 18.4 Å². The van der Waals surface area contributed by atoms with Crippen molar-refractivity contribution in [2.24, 2.45) is 0 Å². The topological polar surface area (TPSA) is 230 Å². The molecule has 1 aromatic heterocycles. The smallest absolute Gasteiger partial charge is 0.515 e. The zero-order valence-electron chi connectivity index (χ0n) is 14.6. The molecule has 5 N–H and O–H groups in total. The number of hydrogen-bond donors (Lipinski definition) is 5. The molecule has 0 amide bonds. The van der Waals surface area contributed by atoms with Crippen LogP contribution in [0.3, 0.4) is 0 Å². The Balaban J connectivity index is 2.01. The van der Waals surface area contributed by atoms with Crippen molar-refractivity contribution in [1.29, 1.82) is 0 Å². The van der Waals surface area contributed by atoms with Gasteiger partial charge < -0.3 is 29.4 Å². The van der Waals surface area contributed by atoms with Crippen LogP contribution in [0.4, 0.5) is 0 Å². The fourth-order valence-corrected chi connectivity index (χ4v) is 5.49. The number of H-pyrrole nitrogens is 1. The quantitative estimate of drug-likeness (QED) is 0.201. The van der Waals surface area contributed by atoms with E-state index in [0.29, 0.717) is 0 Å². The predicted molar refractivity (Wildman–Crippen MR) is 93.3 cm³/mol. The van der Waals surface area contributed by atoms with Crippen LogP contribution in [0, 0.1) is 6.92 Å². The second-order valence-corrected chi connectivity index (χ2v) is 10.4. The summed E-state index contributed by atoms with van der Waals surface area (Å²) in [5.41, 5.74) is -1.20. The van der Waals surface area contributed by atoms with Gasteiger partial charge in [0.2, 0.25) is 0 Å². The van der Waals surface area contributed by atoms with Gasteiger partial charge in [0.25, 0.3) is 5.56 Å². The third kappa shape index (κ3) is 7.18. The molecular weight excluding hydrogens is 460 g/mol. The molecule has 2 heterocycles. The monoisotopic (exact) mass is 476 g/mol. The SMILES string of the molecule is [B][P+]([O-])(OC[C@H]1O[C@@H](n2cc(C)c(=O)[nH]c2=O)C[C@@H]1O)OP(=O)(O)OP(=O)(O)O. The molecule has 0 spiro atoms. The van der Waals surface area contributed by atoms with E-state index in [9.17, 15) is 28.7 Å². The molecule has 1 aromatic rings. The van der Waals surface area contributed by atoms with Gasteiger partial charge in [0, 0.05) is 18.2 Å². The Morgan fingerprint density at radius 1 is 1.41 bits per heavy atom. The molecule has 0 bridgehead atoms. The van der Waals surface area contributed by atoms with E-state index in [0.717, 1.165) is 4.57 Å². The summed E-state index contributed by atoms with van der Waals surface area (Å²) in [6.45, 7) is 0.689.